The van der Waals surface area contributed by atoms with Crippen LogP contribution in [0.15, 0.2) is 34.8 Å². The van der Waals surface area contributed by atoms with Crippen LogP contribution in [0.25, 0.3) is 0 Å². The van der Waals surface area contributed by atoms with Gasteiger partial charge >= 0.3 is 0 Å². The lowest BCUT2D eigenvalue weighted by Gasteiger charge is -2.16. The van der Waals surface area contributed by atoms with Gasteiger partial charge in [0.15, 0.2) is 0 Å². The molecule has 19 heavy (non-hydrogen) atoms. The minimum atomic E-state index is -0.252. The second-order valence-corrected chi connectivity index (χ2v) is 6.40. The average Bonchev–Trinajstić information content (AvgIpc) is 2.87. The number of hydrazine groups is 1. The fourth-order valence-corrected chi connectivity index (χ4v) is 3.36. The van der Waals surface area contributed by atoms with Crippen LogP contribution in [-0.2, 0) is 12.8 Å². The lowest BCUT2D eigenvalue weighted by Crippen LogP contribution is -2.30. The summed E-state index contributed by atoms with van der Waals surface area (Å²) in [4.78, 5) is 2.54. The molecule has 1 heterocycles. The van der Waals surface area contributed by atoms with E-state index in [1.54, 1.807) is 23.5 Å². The van der Waals surface area contributed by atoms with E-state index >= 15 is 0 Å². The van der Waals surface area contributed by atoms with Gasteiger partial charge < -0.3 is 0 Å². The van der Waals surface area contributed by atoms with E-state index in [1.165, 1.54) is 9.75 Å². The number of thiophene rings is 1. The molecule has 0 saturated carbocycles. The van der Waals surface area contributed by atoms with Gasteiger partial charge in [-0.1, -0.05) is 19.1 Å². The number of aryl methyl sites for hydroxylation is 1. The first-order chi connectivity index (χ1) is 9.15. The third kappa shape index (κ3) is 3.42. The van der Waals surface area contributed by atoms with Crippen LogP contribution in [-0.4, -0.2) is 0 Å². The Kier molecular flexibility index (Phi) is 5.10. The van der Waals surface area contributed by atoms with E-state index in [9.17, 15) is 4.39 Å². The van der Waals surface area contributed by atoms with Crippen LogP contribution in [0.1, 0.15) is 28.3 Å². The SMILES string of the molecule is CCc1ccc(CC(NN)c2cccc(Br)c2F)s1. The van der Waals surface area contributed by atoms with Gasteiger partial charge in [-0.2, -0.15) is 0 Å². The van der Waals surface area contributed by atoms with E-state index in [0.717, 1.165) is 6.42 Å². The number of halogens is 2. The fourth-order valence-electron chi connectivity index (χ4n) is 1.97. The molecule has 0 saturated heterocycles. The molecule has 3 N–H and O–H groups in total. The summed E-state index contributed by atoms with van der Waals surface area (Å²) in [5, 5.41) is 0. The molecule has 0 amide bonds. The standard InChI is InChI=1S/C14H16BrFN2S/c1-2-9-6-7-10(19-9)8-13(18-17)11-4-3-5-12(15)14(11)16/h3-7,13,18H,2,8,17H2,1H3. The molecular formula is C14H16BrFN2S. The minimum Gasteiger partial charge on any atom is -0.271 e. The maximum absolute atomic E-state index is 14.1. The number of nitrogens with two attached hydrogens (primary N) is 1. The van der Waals surface area contributed by atoms with Crippen molar-refractivity contribution in [3.63, 3.8) is 0 Å². The fraction of sp³-hybridized carbons (Fsp3) is 0.286. The maximum Gasteiger partial charge on any atom is 0.142 e. The maximum atomic E-state index is 14.1. The van der Waals surface area contributed by atoms with Gasteiger partial charge in [-0.05, 0) is 40.5 Å². The zero-order chi connectivity index (χ0) is 13.8. The van der Waals surface area contributed by atoms with E-state index in [-0.39, 0.29) is 11.9 Å². The van der Waals surface area contributed by atoms with Crippen molar-refractivity contribution in [2.75, 3.05) is 0 Å². The quantitative estimate of drug-likeness (QED) is 0.637. The van der Waals surface area contributed by atoms with Gasteiger partial charge in [-0.25, -0.2) is 4.39 Å². The Bertz CT molecular complexity index is 556. The van der Waals surface area contributed by atoms with Crippen LogP contribution < -0.4 is 11.3 Å². The zero-order valence-corrected chi connectivity index (χ0v) is 13.0. The van der Waals surface area contributed by atoms with Crippen molar-refractivity contribution in [2.24, 2.45) is 5.84 Å². The van der Waals surface area contributed by atoms with Crippen LogP contribution >= 0.6 is 27.3 Å². The normalized spacial score (nSPS) is 12.6. The predicted octanol–water partition coefficient (Wildman–Crippen LogP) is 3.96. The van der Waals surface area contributed by atoms with Crippen LogP contribution in [0.4, 0.5) is 4.39 Å². The molecule has 5 heteroatoms. The van der Waals surface area contributed by atoms with Crippen molar-refractivity contribution in [1.82, 2.24) is 5.43 Å². The van der Waals surface area contributed by atoms with Crippen molar-refractivity contribution in [2.45, 2.75) is 25.8 Å². The molecule has 0 bridgehead atoms. The van der Waals surface area contributed by atoms with Crippen molar-refractivity contribution in [3.8, 4) is 0 Å². The average molecular weight is 343 g/mol. The summed E-state index contributed by atoms with van der Waals surface area (Å²) in [6.07, 6.45) is 1.71. The number of benzene rings is 1. The molecule has 1 aromatic carbocycles. The Morgan fingerprint density at radius 1 is 1.32 bits per heavy atom. The van der Waals surface area contributed by atoms with Crippen LogP contribution in [0.3, 0.4) is 0 Å². The molecule has 0 radical (unpaired) electrons. The number of hydrogen-bond acceptors (Lipinski definition) is 3. The third-order valence-corrected chi connectivity index (χ3v) is 4.89. The lowest BCUT2D eigenvalue weighted by molar-refractivity contribution is 0.510. The van der Waals surface area contributed by atoms with Crippen LogP contribution in [0.2, 0.25) is 0 Å². The Labute approximate surface area is 124 Å². The highest BCUT2D eigenvalue weighted by atomic mass is 79.9. The first kappa shape index (κ1) is 14.7. The Morgan fingerprint density at radius 2 is 2.05 bits per heavy atom. The Morgan fingerprint density at radius 3 is 2.68 bits per heavy atom. The Hall–Kier alpha value is -0.750. The van der Waals surface area contributed by atoms with Crippen molar-refractivity contribution in [1.29, 1.82) is 0 Å². The van der Waals surface area contributed by atoms with E-state index in [0.29, 0.717) is 16.5 Å². The lowest BCUT2D eigenvalue weighted by atomic mass is 10.0. The topological polar surface area (TPSA) is 38.0 Å². The van der Waals surface area contributed by atoms with Gasteiger partial charge in [0.05, 0.1) is 10.5 Å². The van der Waals surface area contributed by atoms with E-state index in [1.807, 2.05) is 6.07 Å². The molecule has 102 valence electrons. The minimum absolute atomic E-state index is 0.221. The second kappa shape index (κ2) is 6.61. The third-order valence-electron chi connectivity index (χ3n) is 3.03. The molecule has 1 unspecified atom stereocenters. The van der Waals surface area contributed by atoms with Gasteiger partial charge in [-0.3, -0.25) is 11.3 Å². The molecule has 1 aromatic heterocycles. The summed E-state index contributed by atoms with van der Waals surface area (Å²) in [7, 11) is 0. The molecule has 2 nitrogen and oxygen atoms in total. The molecule has 1 atom stereocenters. The van der Waals surface area contributed by atoms with Crippen molar-refractivity contribution < 1.29 is 4.39 Å². The monoisotopic (exact) mass is 342 g/mol. The van der Waals surface area contributed by atoms with Gasteiger partial charge in [0, 0.05) is 21.7 Å². The summed E-state index contributed by atoms with van der Waals surface area (Å²) in [5.74, 6) is 5.33. The highest BCUT2D eigenvalue weighted by Crippen LogP contribution is 2.28. The number of hydrogen-bond donors (Lipinski definition) is 2. The molecule has 0 aliphatic heterocycles. The summed E-state index contributed by atoms with van der Waals surface area (Å²) in [6.45, 7) is 2.13. The number of nitrogens with one attached hydrogen (secondary N) is 1. The molecule has 0 aliphatic carbocycles. The van der Waals surface area contributed by atoms with Crippen molar-refractivity contribution >= 4 is 27.3 Å². The van der Waals surface area contributed by atoms with Gasteiger partial charge in [0.25, 0.3) is 0 Å². The van der Waals surface area contributed by atoms with Gasteiger partial charge in [-0.15, -0.1) is 11.3 Å². The molecule has 0 aliphatic rings. The van der Waals surface area contributed by atoms with Crippen molar-refractivity contribution in [3.05, 3.63) is 55.9 Å². The highest BCUT2D eigenvalue weighted by Gasteiger charge is 2.17. The first-order valence-electron chi connectivity index (χ1n) is 6.13. The first-order valence-corrected chi connectivity index (χ1v) is 7.74. The highest BCUT2D eigenvalue weighted by molar-refractivity contribution is 9.10. The number of rotatable bonds is 5. The van der Waals surface area contributed by atoms with Crippen LogP contribution in [0, 0.1) is 5.82 Å². The predicted molar refractivity (Wildman–Crippen MR) is 81.6 cm³/mol. The van der Waals surface area contributed by atoms with Crippen LogP contribution in [0.5, 0.6) is 0 Å². The van der Waals surface area contributed by atoms with Gasteiger partial charge in [0.1, 0.15) is 5.82 Å². The smallest absolute Gasteiger partial charge is 0.142 e. The molecule has 2 aromatic rings. The largest absolute Gasteiger partial charge is 0.271 e. The van der Waals surface area contributed by atoms with E-state index < -0.39 is 0 Å². The Balaban J connectivity index is 2.22. The van der Waals surface area contributed by atoms with E-state index in [4.69, 9.17) is 5.84 Å². The summed E-state index contributed by atoms with van der Waals surface area (Å²) in [5.41, 5.74) is 3.29. The molecular weight excluding hydrogens is 327 g/mol. The molecule has 0 spiro atoms. The van der Waals surface area contributed by atoms with Gasteiger partial charge in [0.2, 0.25) is 0 Å². The zero-order valence-electron chi connectivity index (χ0n) is 10.6. The summed E-state index contributed by atoms with van der Waals surface area (Å²) >= 11 is 4.95. The summed E-state index contributed by atoms with van der Waals surface area (Å²) < 4.78 is 14.5. The molecule has 0 fully saturated rings. The second-order valence-electron chi connectivity index (χ2n) is 4.29. The molecule has 2 rings (SSSR count). The van der Waals surface area contributed by atoms with E-state index in [2.05, 4.69) is 40.4 Å². The summed E-state index contributed by atoms with van der Waals surface area (Å²) in [6, 6.07) is 9.25.